The van der Waals surface area contributed by atoms with Gasteiger partial charge in [-0.1, -0.05) is 0 Å². The first kappa shape index (κ1) is 17.8. The first-order valence-corrected chi connectivity index (χ1v) is 7.39. The van der Waals surface area contributed by atoms with Crippen molar-refractivity contribution in [3.8, 4) is 5.75 Å². The second-order valence-electron chi connectivity index (χ2n) is 3.55. The van der Waals surface area contributed by atoms with Crippen molar-refractivity contribution in [3.05, 3.63) is 29.8 Å². The van der Waals surface area contributed by atoms with Gasteiger partial charge in [0.2, 0.25) is 0 Å². The minimum Gasteiger partial charge on any atom is -0.264 e. The number of hydrogen-bond donors (Lipinski definition) is 2. The van der Waals surface area contributed by atoms with E-state index in [0.717, 1.165) is 27.9 Å². The van der Waals surface area contributed by atoms with Gasteiger partial charge in [0.15, 0.2) is 0 Å². The van der Waals surface area contributed by atoms with E-state index in [-0.39, 0.29) is 5.75 Å². The van der Waals surface area contributed by atoms with Crippen LogP contribution in [0.25, 0.3) is 0 Å². The average molecular weight is 292 g/mol. The molecule has 0 aliphatic heterocycles. The van der Waals surface area contributed by atoms with Gasteiger partial charge in [-0.2, -0.15) is 8.42 Å². The molecule has 9 heteroatoms. The number of halogens is 2. The molecule has 0 aliphatic carbocycles. The molecule has 2 N–H and O–H groups in total. The molecule has 0 fully saturated rings. The van der Waals surface area contributed by atoms with Crippen LogP contribution in [0.1, 0.15) is 15.7 Å². The van der Waals surface area contributed by atoms with E-state index in [9.17, 15) is 8.78 Å². The van der Waals surface area contributed by atoms with Crippen LogP contribution in [0.15, 0.2) is 24.3 Å². The Kier molecular flexibility index (Phi) is 7.92. The maximum absolute atomic E-state index is 11.8. The second kappa shape index (κ2) is 8.03. The van der Waals surface area contributed by atoms with Crippen LogP contribution in [-0.4, -0.2) is 52.1 Å². The predicted octanol–water partition coefficient (Wildman–Crippen LogP) is 1.86. The summed E-state index contributed by atoms with van der Waals surface area (Å²) in [5.74, 6) is 0.223. The number of benzene rings is 1. The van der Waals surface area contributed by atoms with Crippen LogP contribution in [0.3, 0.4) is 0 Å². The maximum Gasteiger partial charge on any atom is 0.394 e. The summed E-state index contributed by atoms with van der Waals surface area (Å²) in [6, 6.07) is 6.82. The van der Waals surface area contributed by atoms with Gasteiger partial charge in [0.25, 0.3) is 0 Å². The van der Waals surface area contributed by atoms with Crippen molar-refractivity contribution < 1.29 is 31.0 Å². The molecular formula is C9H11F2NaO5S. The smallest absolute Gasteiger partial charge is 0.264 e. The Bertz CT molecular complexity index is 439. The summed E-state index contributed by atoms with van der Waals surface area (Å²) < 4.78 is 59.9. The average Bonchev–Trinajstić information content (AvgIpc) is 2.14. The number of rotatable bonds is 3. The first-order chi connectivity index (χ1) is 8.09. The third-order valence-corrected chi connectivity index (χ3v) is 2.44. The molecule has 1 aromatic rings. The molecule has 1 unspecified atom stereocenters. The van der Waals surface area contributed by atoms with E-state index < -0.39 is 17.0 Å². The van der Waals surface area contributed by atoms with Crippen molar-refractivity contribution in [3.63, 3.8) is 0 Å². The Hall–Kier alpha value is -0.250. The van der Waals surface area contributed by atoms with Gasteiger partial charge in [0, 0.05) is 0 Å². The third kappa shape index (κ3) is 10.9. The summed E-state index contributed by atoms with van der Waals surface area (Å²) >= 11 is 1.06. The maximum atomic E-state index is 11.8. The molecule has 0 aromatic heterocycles. The zero-order chi connectivity index (χ0) is 14.3. The fraction of sp³-hybridized carbons (Fsp3) is 0.333. The summed E-state index contributed by atoms with van der Waals surface area (Å²) in [5.41, 5.74) is 1.17. The van der Waals surface area contributed by atoms with Crippen LogP contribution in [-0.2, 0) is 10.4 Å². The van der Waals surface area contributed by atoms with E-state index >= 15 is 0 Å². The minimum absolute atomic E-state index is 0.223. The van der Waals surface area contributed by atoms with Gasteiger partial charge < -0.3 is 0 Å². The largest absolute Gasteiger partial charge is 0.394 e. The normalized spacial score (nSPS) is 12.7. The molecular weight excluding hydrogens is 281 g/mol. The monoisotopic (exact) mass is 292 g/mol. The Morgan fingerprint density at radius 3 is 1.89 bits per heavy atom. The van der Waals surface area contributed by atoms with Crippen LogP contribution in [0, 0.1) is 0 Å². The summed E-state index contributed by atoms with van der Waals surface area (Å²) in [7, 11) is -4.67. The molecule has 0 spiro atoms. The molecule has 5 nitrogen and oxygen atoms in total. The summed E-state index contributed by atoms with van der Waals surface area (Å²) in [6.07, 6.45) is 0. The van der Waals surface area contributed by atoms with Gasteiger partial charge in [-0.25, -0.2) is 0 Å². The fourth-order valence-corrected chi connectivity index (χ4v) is 1.42. The summed E-state index contributed by atoms with van der Waals surface area (Å²) in [6.45, 7) is -0.630. The molecule has 1 atom stereocenters. The second-order valence-corrected chi connectivity index (χ2v) is 6.18. The quantitative estimate of drug-likeness (QED) is 0.656. The molecule has 0 heterocycles. The van der Waals surface area contributed by atoms with Crippen molar-refractivity contribution in [2.75, 3.05) is 0 Å². The molecule has 0 bridgehead atoms. The molecule has 18 heavy (non-hydrogen) atoms. The number of alkyl halides is 2. The number of hydrogen-bond acceptors (Lipinski definition) is 3. The van der Waals surface area contributed by atoms with Gasteiger partial charge in [0.05, 0.1) is 0 Å². The standard InChI is InChI=1S/C9H9F2O.Na.H2O4S/c1-2-7-3-5-8(6-4-7)12-9(10)11;;1-5(2,3)4/h2-6,9H,1H3;;(H2,1,2,3,4). The van der Waals surface area contributed by atoms with E-state index in [4.69, 9.17) is 17.5 Å². The molecule has 1 aromatic carbocycles. The van der Waals surface area contributed by atoms with E-state index in [2.05, 4.69) is 11.7 Å². The fourth-order valence-electron chi connectivity index (χ4n) is 1.03. The Morgan fingerprint density at radius 1 is 1.22 bits per heavy atom. The van der Waals surface area contributed by atoms with E-state index in [0.29, 0.717) is 3.17 Å². The van der Waals surface area contributed by atoms with Gasteiger partial charge in [0.1, 0.15) is 0 Å². The van der Waals surface area contributed by atoms with E-state index in [1.165, 1.54) is 5.56 Å². The predicted molar refractivity (Wildman–Crippen MR) is 61.4 cm³/mol. The zero-order valence-electron chi connectivity index (χ0n) is 9.75. The first-order valence-electron chi connectivity index (χ1n) is 4.84. The van der Waals surface area contributed by atoms with Crippen molar-refractivity contribution >= 4 is 38.3 Å². The number of ether oxygens (including phenoxy) is 1. The summed E-state index contributed by atoms with van der Waals surface area (Å²) in [5, 5.41) is 0. The molecule has 0 aliphatic rings. The van der Waals surface area contributed by atoms with E-state index in [1.807, 2.05) is 12.1 Å². The Balaban J connectivity index is 0.000000494. The molecule has 98 valence electrons. The van der Waals surface area contributed by atoms with Crippen LogP contribution >= 0.6 is 0 Å². The third-order valence-electron chi connectivity index (χ3n) is 1.77. The molecule has 0 saturated carbocycles. The van der Waals surface area contributed by atoms with Gasteiger partial charge in [-0.05, 0) is 0 Å². The molecule has 0 amide bonds. The Labute approximate surface area is 121 Å². The van der Waals surface area contributed by atoms with Crippen molar-refractivity contribution in [1.82, 2.24) is 0 Å². The molecule has 0 radical (unpaired) electrons. The summed E-state index contributed by atoms with van der Waals surface area (Å²) in [4.78, 5) is 0. The topological polar surface area (TPSA) is 83.8 Å². The molecule has 1 rings (SSSR count). The van der Waals surface area contributed by atoms with Crippen LogP contribution < -0.4 is 4.74 Å². The van der Waals surface area contributed by atoms with Crippen molar-refractivity contribution in [2.24, 2.45) is 0 Å². The zero-order valence-corrected chi connectivity index (χ0v) is 12.6. The van der Waals surface area contributed by atoms with E-state index in [1.54, 1.807) is 12.1 Å². The van der Waals surface area contributed by atoms with Crippen LogP contribution in [0.4, 0.5) is 8.78 Å². The molecule has 0 saturated heterocycles. The van der Waals surface area contributed by atoms with Crippen molar-refractivity contribution in [1.29, 1.82) is 0 Å². The SMILES string of the molecule is C[CH]([Na])c1ccc(OC(F)F)cc1.O=S(=O)(O)O. The Morgan fingerprint density at radius 2 is 1.61 bits per heavy atom. The van der Waals surface area contributed by atoms with Crippen LogP contribution in [0.5, 0.6) is 5.75 Å². The van der Waals surface area contributed by atoms with Crippen molar-refractivity contribution in [2.45, 2.75) is 16.7 Å². The van der Waals surface area contributed by atoms with Gasteiger partial charge >= 0.3 is 104 Å². The van der Waals surface area contributed by atoms with Gasteiger partial charge in [-0.15, -0.1) is 0 Å². The van der Waals surface area contributed by atoms with Crippen LogP contribution in [0.2, 0.25) is 0 Å². The minimum atomic E-state index is -4.67. The van der Waals surface area contributed by atoms with Gasteiger partial charge in [-0.3, -0.25) is 9.11 Å².